The average molecular weight is 626 g/mol. The summed E-state index contributed by atoms with van der Waals surface area (Å²) in [5.41, 5.74) is 15.4. The fourth-order valence-corrected chi connectivity index (χ4v) is 6.50. The highest BCUT2D eigenvalue weighted by molar-refractivity contribution is 5.82. The summed E-state index contributed by atoms with van der Waals surface area (Å²) >= 11 is 0. The van der Waals surface area contributed by atoms with Crippen LogP contribution in [0.4, 0.5) is 17.1 Å². The minimum absolute atomic E-state index is 1.11. The molecule has 8 aromatic carbocycles. The number of anilines is 3. The molecule has 1 nitrogen and oxygen atoms in total. The van der Waals surface area contributed by atoms with Crippen LogP contribution in [0, 0.1) is 0 Å². The van der Waals surface area contributed by atoms with Gasteiger partial charge < -0.3 is 4.90 Å². The molecule has 0 spiro atoms. The van der Waals surface area contributed by atoms with E-state index in [1.165, 1.54) is 55.6 Å². The molecule has 0 atom stereocenters. The van der Waals surface area contributed by atoms with E-state index in [2.05, 4.69) is 217 Å². The SMILES string of the molecule is c1ccc(-c2ccc(N(c3ccc(-c4cccc(-c5ccccc5)c4)cc3)c3ccc(-c4cccc(-c5ccccc5)c4)cc3)cc2)cc1. The van der Waals surface area contributed by atoms with E-state index in [0.29, 0.717) is 0 Å². The molecule has 0 amide bonds. The van der Waals surface area contributed by atoms with Crippen LogP contribution in [0.2, 0.25) is 0 Å². The standard InChI is InChI=1S/C48H35N/c1-4-12-36(13-5-1)39-22-28-46(29-23-39)49(47-30-24-40(25-31-47)44-20-10-18-42(34-44)37-14-6-2-7-15-37)48-32-26-41(27-33-48)45-21-11-19-43(35-45)38-16-8-3-9-17-38/h1-35H. The van der Waals surface area contributed by atoms with Gasteiger partial charge in [-0.25, -0.2) is 0 Å². The van der Waals surface area contributed by atoms with E-state index in [1.54, 1.807) is 0 Å². The maximum absolute atomic E-state index is 2.34. The summed E-state index contributed by atoms with van der Waals surface area (Å²) in [5, 5.41) is 0. The highest BCUT2D eigenvalue weighted by atomic mass is 15.1. The smallest absolute Gasteiger partial charge is 0.0462 e. The van der Waals surface area contributed by atoms with Gasteiger partial charge in [0.2, 0.25) is 0 Å². The van der Waals surface area contributed by atoms with E-state index in [-0.39, 0.29) is 0 Å². The monoisotopic (exact) mass is 625 g/mol. The van der Waals surface area contributed by atoms with Gasteiger partial charge >= 0.3 is 0 Å². The third-order valence-corrected chi connectivity index (χ3v) is 9.09. The van der Waals surface area contributed by atoms with Crippen molar-refractivity contribution in [3.63, 3.8) is 0 Å². The molecule has 0 bridgehead atoms. The normalized spacial score (nSPS) is 10.9. The second-order valence-corrected chi connectivity index (χ2v) is 12.2. The van der Waals surface area contributed by atoms with Crippen LogP contribution in [0.5, 0.6) is 0 Å². The number of benzene rings is 8. The summed E-state index contributed by atoms with van der Waals surface area (Å²) in [7, 11) is 0. The van der Waals surface area contributed by atoms with Crippen molar-refractivity contribution in [2.75, 3.05) is 4.90 Å². The zero-order valence-electron chi connectivity index (χ0n) is 27.2. The zero-order chi connectivity index (χ0) is 32.8. The van der Waals surface area contributed by atoms with Gasteiger partial charge in [0.1, 0.15) is 0 Å². The molecule has 0 aromatic heterocycles. The lowest BCUT2D eigenvalue weighted by Gasteiger charge is -2.26. The summed E-state index contributed by atoms with van der Waals surface area (Å²) < 4.78 is 0. The molecule has 0 saturated carbocycles. The molecule has 1 heteroatoms. The molecule has 232 valence electrons. The Morgan fingerprint density at radius 3 is 0.714 bits per heavy atom. The first-order valence-electron chi connectivity index (χ1n) is 16.8. The average Bonchev–Trinajstić information content (AvgIpc) is 3.20. The zero-order valence-corrected chi connectivity index (χ0v) is 27.2. The third kappa shape index (κ3) is 6.56. The van der Waals surface area contributed by atoms with Crippen LogP contribution in [0.25, 0.3) is 55.6 Å². The van der Waals surface area contributed by atoms with Crippen LogP contribution in [0.1, 0.15) is 0 Å². The molecule has 0 fully saturated rings. The van der Waals surface area contributed by atoms with Crippen molar-refractivity contribution in [2.24, 2.45) is 0 Å². The first-order valence-corrected chi connectivity index (χ1v) is 16.8. The molecule has 0 saturated heterocycles. The van der Waals surface area contributed by atoms with E-state index in [4.69, 9.17) is 0 Å². The molecule has 0 unspecified atom stereocenters. The molecule has 0 aliphatic carbocycles. The maximum Gasteiger partial charge on any atom is 0.0462 e. The predicted molar refractivity (Wildman–Crippen MR) is 208 cm³/mol. The second-order valence-electron chi connectivity index (χ2n) is 12.2. The van der Waals surface area contributed by atoms with Gasteiger partial charge in [0.25, 0.3) is 0 Å². The van der Waals surface area contributed by atoms with Crippen LogP contribution in [-0.2, 0) is 0 Å². The van der Waals surface area contributed by atoms with Crippen molar-refractivity contribution < 1.29 is 0 Å². The molecule has 0 N–H and O–H groups in total. The molecular weight excluding hydrogens is 591 g/mol. The number of nitrogens with zero attached hydrogens (tertiary/aromatic N) is 1. The molecule has 8 rings (SSSR count). The van der Waals surface area contributed by atoms with Crippen LogP contribution in [0.15, 0.2) is 212 Å². The second kappa shape index (κ2) is 13.7. The first kappa shape index (κ1) is 29.9. The highest BCUT2D eigenvalue weighted by Crippen LogP contribution is 2.38. The lowest BCUT2D eigenvalue weighted by atomic mass is 9.98. The van der Waals surface area contributed by atoms with Gasteiger partial charge in [-0.2, -0.15) is 0 Å². The summed E-state index contributed by atoms with van der Waals surface area (Å²) in [5.74, 6) is 0. The Labute approximate surface area is 289 Å². The molecule has 8 aromatic rings. The van der Waals surface area contributed by atoms with E-state index >= 15 is 0 Å². The number of rotatable bonds is 8. The van der Waals surface area contributed by atoms with Crippen molar-refractivity contribution in [1.82, 2.24) is 0 Å². The van der Waals surface area contributed by atoms with Crippen molar-refractivity contribution in [1.29, 1.82) is 0 Å². The lowest BCUT2D eigenvalue weighted by Crippen LogP contribution is -2.09. The van der Waals surface area contributed by atoms with Crippen molar-refractivity contribution in [3.8, 4) is 55.6 Å². The summed E-state index contributed by atoms with van der Waals surface area (Å²) in [6, 6.07) is 75.9. The Bertz CT molecular complexity index is 2150. The van der Waals surface area contributed by atoms with Crippen LogP contribution in [-0.4, -0.2) is 0 Å². The topological polar surface area (TPSA) is 3.24 Å². The van der Waals surface area contributed by atoms with Crippen molar-refractivity contribution >= 4 is 17.1 Å². The third-order valence-electron chi connectivity index (χ3n) is 9.09. The Hall–Kier alpha value is -6.44. The largest absolute Gasteiger partial charge is 0.311 e. The fourth-order valence-electron chi connectivity index (χ4n) is 6.50. The van der Waals surface area contributed by atoms with Gasteiger partial charge in [-0.15, -0.1) is 0 Å². The van der Waals surface area contributed by atoms with Crippen molar-refractivity contribution in [3.05, 3.63) is 212 Å². The Morgan fingerprint density at radius 1 is 0.184 bits per heavy atom. The number of hydrogen-bond acceptors (Lipinski definition) is 1. The fraction of sp³-hybridized carbons (Fsp3) is 0. The van der Waals surface area contributed by atoms with Gasteiger partial charge in [0.15, 0.2) is 0 Å². The maximum atomic E-state index is 2.34. The molecule has 0 radical (unpaired) electrons. The molecule has 0 aliphatic heterocycles. The van der Waals surface area contributed by atoms with E-state index < -0.39 is 0 Å². The van der Waals surface area contributed by atoms with E-state index in [0.717, 1.165) is 17.1 Å². The number of hydrogen-bond donors (Lipinski definition) is 0. The summed E-state index contributed by atoms with van der Waals surface area (Å²) in [6.07, 6.45) is 0. The van der Waals surface area contributed by atoms with Gasteiger partial charge in [0, 0.05) is 17.1 Å². The highest BCUT2D eigenvalue weighted by Gasteiger charge is 2.14. The molecule has 0 heterocycles. The van der Waals surface area contributed by atoms with Gasteiger partial charge in [-0.3, -0.25) is 0 Å². The lowest BCUT2D eigenvalue weighted by molar-refractivity contribution is 1.28. The minimum atomic E-state index is 1.11. The van der Waals surface area contributed by atoms with Crippen LogP contribution < -0.4 is 4.90 Å². The first-order chi connectivity index (χ1) is 24.3. The Morgan fingerprint density at radius 2 is 0.408 bits per heavy atom. The van der Waals surface area contributed by atoms with Crippen LogP contribution in [0.3, 0.4) is 0 Å². The summed E-state index contributed by atoms with van der Waals surface area (Å²) in [4.78, 5) is 2.34. The van der Waals surface area contributed by atoms with E-state index in [1.807, 2.05) is 0 Å². The molecule has 0 aliphatic rings. The van der Waals surface area contributed by atoms with Gasteiger partial charge in [-0.05, 0) is 104 Å². The van der Waals surface area contributed by atoms with E-state index in [9.17, 15) is 0 Å². The predicted octanol–water partition coefficient (Wildman–Crippen LogP) is 13.5. The minimum Gasteiger partial charge on any atom is -0.311 e. The van der Waals surface area contributed by atoms with Gasteiger partial charge in [-0.1, -0.05) is 164 Å². The Kier molecular flexibility index (Phi) is 8.39. The van der Waals surface area contributed by atoms with Crippen LogP contribution >= 0.6 is 0 Å². The van der Waals surface area contributed by atoms with Crippen molar-refractivity contribution in [2.45, 2.75) is 0 Å². The van der Waals surface area contributed by atoms with Gasteiger partial charge in [0.05, 0.1) is 0 Å². The molecule has 49 heavy (non-hydrogen) atoms. The summed E-state index contributed by atoms with van der Waals surface area (Å²) in [6.45, 7) is 0. The quantitative estimate of drug-likeness (QED) is 0.162. The Balaban J connectivity index is 1.14. The molecular formula is C48H35N.